The second kappa shape index (κ2) is 6.68. The second-order valence-corrected chi connectivity index (χ2v) is 7.38. The van der Waals surface area contributed by atoms with E-state index < -0.39 is 0 Å². The summed E-state index contributed by atoms with van der Waals surface area (Å²) >= 11 is 0. The van der Waals surface area contributed by atoms with E-state index in [9.17, 15) is 4.79 Å². The third-order valence-electron chi connectivity index (χ3n) is 5.70. The first-order valence-corrected chi connectivity index (χ1v) is 9.49. The van der Waals surface area contributed by atoms with Crippen LogP contribution in [0, 0.1) is 0 Å². The van der Waals surface area contributed by atoms with Crippen LogP contribution < -0.4 is 4.74 Å². The highest BCUT2D eigenvalue weighted by Gasteiger charge is 2.44. The molecule has 0 radical (unpaired) electrons. The second-order valence-electron chi connectivity index (χ2n) is 7.38. The topological polar surface area (TPSA) is 68.5 Å². The highest BCUT2D eigenvalue weighted by atomic mass is 16.5. The van der Waals surface area contributed by atoms with Crippen molar-refractivity contribution in [3.05, 3.63) is 54.5 Å². The van der Waals surface area contributed by atoms with Crippen molar-refractivity contribution in [2.24, 2.45) is 0 Å². The van der Waals surface area contributed by atoms with Gasteiger partial charge in [-0.05, 0) is 37.1 Å². The summed E-state index contributed by atoms with van der Waals surface area (Å²) in [6, 6.07) is 12.0. The number of nitrogens with zero attached hydrogens (tertiary/aromatic N) is 3. The summed E-state index contributed by atoms with van der Waals surface area (Å²) in [5.74, 6) is 0.993. The Balaban J connectivity index is 1.28. The molecule has 2 aliphatic heterocycles. The van der Waals surface area contributed by atoms with Gasteiger partial charge in [0.15, 0.2) is 5.58 Å². The minimum Gasteiger partial charge on any atom is -0.490 e. The Kier molecular flexibility index (Phi) is 4.03. The minimum absolute atomic E-state index is 0.143. The molecule has 0 spiro atoms. The van der Waals surface area contributed by atoms with Crippen molar-refractivity contribution in [3.8, 4) is 5.75 Å². The molecule has 0 N–H and O–H groups in total. The van der Waals surface area contributed by atoms with Gasteiger partial charge in [0.2, 0.25) is 5.91 Å². The number of fused-ring (bicyclic) bond motifs is 3. The van der Waals surface area contributed by atoms with E-state index in [2.05, 4.69) is 15.0 Å². The predicted molar refractivity (Wildman–Crippen MR) is 99.3 cm³/mol. The number of ether oxygens (including phenoxy) is 1. The van der Waals surface area contributed by atoms with Crippen LogP contribution in [0.4, 0.5) is 0 Å². The van der Waals surface area contributed by atoms with Crippen molar-refractivity contribution in [3.63, 3.8) is 0 Å². The van der Waals surface area contributed by atoms with Crippen LogP contribution in [0.25, 0.3) is 11.0 Å². The van der Waals surface area contributed by atoms with Gasteiger partial charge in [-0.15, -0.1) is 0 Å². The fraction of sp³-hybridized carbons (Fsp3) is 0.381. The normalized spacial score (nSPS) is 24.3. The fourth-order valence-corrected chi connectivity index (χ4v) is 4.54. The Morgan fingerprint density at radius 3 is 2.63 bits per heavy atom. The molecule has 3 aromatic rings. The van der Waals surface area contributed by atoms with E-state index in [1.807, 2.05) is 36.4 Å². The molecule has 2 aliphatic rings. The standard InChI is InChI=1S/C21H21N3O3/c25-21(13-19-18-3-1-2-4-20(18)27-23-19)24-14-5-6-15(24)12-17(11-14)26-16-7-9-22-10-8-16/h1-4,7-10,14-15,17H,5-6,11-13H2. The lowest BCUT2D eigenvalue weighted by atomic mass is 9.98. The first-order chi connectivity index (χ1) is 13.3. The molecule has 6 nitrogen and oxygen atoms in total. The Bertz CT molecular complexity index is 941. The fourth-order valence-electron chi connectivity index (χ4n) is 4.54. The molecular weight excluding hydrogens is 342 g/mol. The van der Waals surface area contributed by atoms with Gasteiger partial charge in [-0.2, -0.15) is 0 Å². The third kappa shape index (κ3) is 3.05. The summed E-state index contributed by atoms with van der Waals surface area (Å²) in [4.78, 5) is 19.1. The number of pyridine rings is 1. The molecule has 6 heteroatoms. The molecule has 5 rings (SSSR count). The van der Waals surface area contributed by atoms with E-state index in [0.29, 0.717) is 6.42 Å². The van der Waals surface area contributed by atoms with E-state index in [0.717, 1.165) is 48.1 Å². The van der Waals surface area contributed by atoms with E-state index >= 15 is 0 Å². The smallest absolute Gasteiger partial charge is 0.229 e. The average molecular weight is 363 g/mol. The van der Waals surface area contributed by atoms with Crippen molar-refractivity contribution in [2.45, 2.75) is 50.3 Å². The highest BCUT2D eigenvalue weighted by Crippen LogP contribution is 2.37. The molecule has 138 valence electrons. The van der Waals surface area contributed by atoms with Crippen LogP contribution >= 0.6 is 0 Å². The van der Waals surface area contributed by atoms with Crippen LogP contribution in [0.15, 0.2) is 53.3 Å². The van der Waals surface area contributed by atoms with Crippen LogP contribution in [0.5, 0.6) is 5.75 Å². The lowest BCUT2D eigenvalue weighted by Gasteiger charge is -2.39. The van der Waals surface area contributed by atoms with Gasteiger partial charge in [-0.1, -0.05) is 17.3 Å². The van der Waals surface area contributed by atoms with Gasteiger partial charge in [-0.25, -0.2) is 0 Å². The van der Waals surface area contributed by atoms with Gasteiger partial charge in [0.1, 0.15) is 17.5 Å². The molecule has 2 saturated heterocycles. The van der Waals surface area contributed by atoms with Gasteiger partial charge in [0, 0.05) is 42.7 Å². The van der Waals surface area contributed by atoms with Crippen LogP contribution in [0.2, 0.25) is 0 Å². The summed E-state index contributed by atoms with van der Waals surface area (Å²) in [7, 11) is 0. The van der Waals surface area contributed by atoms with Crippen molar-refractivity contribution in [2.75, 3.05) is 0 Å². The molecule has 2 unspecified atom stereocenters. The quantitative estimate of drug-likeness (QED) is 0.711. The van der Waals surface area contributed by atoms with Crippen LogP contribution in [0.1, 0.15) is 31.4 Å². The molecular formula is C21H21N3O3. The Labute approximate surface area is 157 Å². The maximum atomic E-state index is 13.0. The Morgan fingerprint density at radius 1 is 1.11 bits per heavy atom. The largest absolute Gasteiger partial charge is 0.490 e. The summed E-state index contributed by atoms with van der Waals surface area (Å²) in [5.41, 5.74) is 1.46. The van der Waals surface area contributed by atoms with Crippen LogP contribution in [-0.4, -0.2) is 39.1 Å². The van der Waals surface area contributed by atoms with Crippen molar-refractivity contribution in [1.82, 2.24) is 15.0 Å². The molecule has 2 atom stereocenters. The molecule has 2 bridgehead atoms. The van der Waals surface area contributed by atoms with E-state index in [4.69, 9.17) is 9.26 Å². The summed E-state index contributed by atoms with van der Waals surface area (Å²) in [5, 5.41) is 5.04. The lowest BCUT2D eigenvalue weighted by Crippen LogP contribution is -2.49. The zero-order valence-electron chi connectivity index (χ0n) is 15.0. The Morgan fingerprint density at radius 2 is 1.85 bits per heavy atom. The van der Waals surface area contributed by atoms with Gasteiger partial charge < -0.3 is 14.2 Å². The number of para-hydroxylation sites is 1. The molecule has 1 amide bonds. The zero-order chi connectivity index (χ0) is 18.2. The molecule has 1 aromatic carbocycles. The number of hydrogen-bond donors (Lipinski definition) is 0. The minimum atomic E-state index is 0.143. The Hall–Kier alpha value is -2.89. The van der Waals surface area contributed by atoms with E-state index in [-0.39, 0.29) is 24.1 Å². The maximum Gasteiger partial charge on any atom is 0.229 e. The van der Waals surface area contributed by atoms with Gasteiger partial charge in [0.25, 0.3) is 0 Å². The molecule has 0 saturated carbocycles. The maximum absolute atomic E-state index is 13.0. The average Bonchev–Trinajstić information content (AvgIpc) is 3.21. The van der Waals surface area contributed by atoms with E-state index in [1.54, 1.807) is 12.4 Å². The number of piperidine rings is 1. The number of benzene rings is 1. The van der Waals surface area contributed by atoms with Gasteiger partial charge in [0.05, 0.1) is 6.42 Å². The zero-order valence-corrected chi connectivity index (χ0v) is 15.0. The number of rotatable bonds is 4. The molecule has 27 heavy (non-hydrogen) atoms. The number of amides is 1. The van der Waals surface area contributed by atoms with Gasteiger partial charge >= 0.3 is 0 Å². The van der Waals surface area contributed by atoms with Gasteiger partial charge in [-0.3, -0.25) is 9.78 Å². The van der Waals surface area contributed by atoms with E-state index in [1.165, 1.54) is 0 Å². The van der Waals surface area contributed by atoms with Crippen molar-refractivity contribution < 1.29 is 14.1 Å². The summed E-state index contributed by atoms with van der Waals surface area (Å²) in [6.07, 6.45) is 7.78. The van der Waals surface area contributed by atoms with Crippen LogP contribution in [-0.2, 0) is 11.2 Å². The van der Waals surface area contributed by atoms with Crippen molar-refractivity contribution in [1.29, 1.82) is 0 Å². The number of hydrogen-bond acceptors (Lipinski definition) is 5. The number of carbonyl (C=O) groups is 1. The number of carbonyl (C=O) groups excluding carboxylic acids is 1. The number of aromatic nitrogens is 2. The predicted octanol–water partition coefficient (Wildman–Crippen LogP) is 3.37. The lowest BCUT2D eigenvalue weighted by molar-refractivity contribution is -0.136. The molecule has 4 heterocycles. The highest BCUT2D eigenvalue weighted by molar-refractivity contribution is 5.86. The first kappa shape index (κ1) is 16.3. The first-order valence-electron chi connectivity index (χ1n) is 9.49. The molecule has 2 aromatic heterocycles. The third-order valence-corrected chi connectivity index (χ3v) is 5.70. The van der Waals surface area contributed by atoms with Crippen LogP contribution in [0.3, 0.4) is 0 Å². The molecule has 2 fully saturated rings. The summed E-state index contributed by atoms with van der Waals surface area (Å²) < 4.78 is 11.5. The monoisotopic (exact) mass is 363 g/mol. The van der Waals surface area contributed by atoms with Crippen molar-refractivity contribution >= 4 is 16.9 Å². The molecule has 0 aliphatic carbocycles. The summed E-state index contributed by atoms with van der Waals surface area (Å²) in [6.45, 7) is 0. The SMILES string of the molecule is O=C(Cc1noc2ccccc12)N1C2CCC1CC(Oc1ccncc1)C2.